The molecule has 1 heterocycles. The van der Waals surface area contributed by atoms with Gasteiger partial charge in [0.25, 0.3) is 0 Å². The molecule has 0 aromatic rings. The molecular weight excluding hydrogens is 130 g/mol. The van der Waals surface area contributed by atoms with Crippen molar-refractivity contribution in [2.45, 2.75) is 26.0 Å². The molecule has 1 unspecified atom stereocenters. The van der Waals surface area contributed by atoms with Crippen LogP contribution in [0, 0.1) is 0 Å². The Labute approximate surface area is 60.1 Å². The van der Waals surface area contributed by atoms with Gasteiger partial charge in [0.1, 0.15) is 0 Å². The fraction of sp³-hybridized carbons (Fsp3) is 0.571. The van der Waals surface area contributed by atoms with Crippen molar-refractivity contribution in [3.8, 4) is 0 Å². The Kier molecular flexibility index (Phi) is 1.94. The van der Waals surface area contributed by atoms with E-state index in [1.54, 1.807) is 6.92 Å². The molecule has 3 heteroatoms. The Hall–Kier alpha value is -0.990. The number of hydrogen-bond donors (Lipinski definition) is 1. The van der Waals surface area contributed by atoms with E-state index in [1.807, 2.05) is 0 Å². The van der Waals surface area contributed by atoms with Crippen LogP contribution in [0.25, 0.3) is 0 Å². The van der Waals surface area contributed by atoms with E-state index in [9.17, 15) is 4.79 Å². The maximum atomic E-state index is 10.6. The molecule has 1 N–H and O–H groups in total. The first-order chi connectivity index (χ1) is 4.68. The summed E-state index contributed by atoms with van der Waals surface area (Å²) in [6.07, 6.45) is 1.19. The summed E-state index contributed by atoms with van der Waals surface area (Å²) < 4.78 is 5.16. The summed E-state index contributed by atoms with van der Waals surface area (Å²) in [6, 6.07) is 0. The summed E-state index contributed by atoms with van der Waals surface area (Å²) in [5.41, 5.74) is 0. The van der Waals surface area contributed by atoms with E-state index in [0.29, 0.717) is 12.2 Å². The number of carbonyl (C=O) groups is 1. The van der Waals surface area contributed by atoms with Crippen molar-refractivity contribution in [1.82, 2.24) is 5.32 Å². The van der Waals surface area contributed by atoms with Crippen molar-refractivity contribution in [3.63, 3.8) is 0 Å². The number of rotatable bonds is 2. The van der Waals surface area contributed by atoms with Crippen molar-refractivity contribution in [3.05, 3.63) is 12.3 Å². The lowest BCUT2D eigenvalue weighted by molar-refractivity contribution is -0.120. The Bertz CT molecular complexity index is 165. The fourth-order valence-corrected chi connectivity index (χ4v) is 0.917. The molecule has 1 fully saturated rings. The zero-order valence-corrected chi connectivity index (χ0v) is 6.02. The highest BCUT2D eigenvalue weighted by Gasteiger charge is 2.21. The van der Waals surface area contributed by atoms with E-state index in [1.165, 1.54) is 0 Å². The van der Waals surface area contributed by atoms with Crippen LogP contribution < -0.4 is 5.32 Å². The molecule has 0 radical (unpaired) electrons. The topological polar surface area (TPSA) is 38.3 Å². The number of nitrogens with one attached hydrogen (secondary N) is 1. The fourth-order valence-electron chi connectivity index (χ4n) is 0.917. The lowest BCUT2D eigenvalue weighted by atomic mass is 10.3. The van der Waals surface area contributed by atoms with Crippen LogP contribution in [-0.2, 0) is 9.53 Å². The second-order valence-corrected chi connectivity index (χ2v) is 2.41. The highest BCUT2D eigenvalue weighted by Crippen LogP contribution is 2.10. The van der Waals surface area contributed by atoms with Crippen LogP contribution >= 0.6 is 0 Å². The zero-order chi connectivity index (χ0) is 7.56. The van der Waals surface area contributed by atoms with Crippen LogP contribution in [0.1, 0.15) is 19.8 Å². The maximum Gasteiger partial charge on any atom is 0.223 e. The molecular formula is C7H11NO2. The lowest BCUT2D eigenvalue weighted by Gasteiger charge is -2.11. The van der Waals surface area contributed by atoms with Gasteiger partial charge in [-0.2, -0.15) is 0 Å². The van der Waals surface area contributed by atoms with Crippen LogP contribution in [0.4, 0.5) is 0 Å². The molecule has 56 valence electrons. The molecule has 1 aliphatic heterocycles. The third-order valence-corrected chi connectivity index (χ3v) is 1.30. The van der Waals surface area contributed by atoms with Gasteiger partial charge in [-0.05, 0) is 6.92 Å². The number of ether oxygens (including phenoxy) is 1. The second-order valence-electron chi connectivity index (χ2n) is 2.41. The van der Waals surface area contributed by atoms with E-state index < -0.39 is 0 Å². The third kappa shape index (κ3) is 1.76. The van der Waals surface area contributed by atoms with Gasteiger partial charge < -0.3 is 10.1 Å². The molecule has 1 aliphatic rings. The second kappa shape index (κ2) is 2.73. The van der Waals surface area contributed by atoms with Crippen LogP contribution in [-0.4, -0.2) is 12.1 Å². The van der Waals surface area contributed by atoms with E-state index in [4.69, 9.17) is 4.74 Å². The largest absolute Gasteiger partial charge is 0.476 e. The molecule has 0 spiro atoms. The Morgan fingerprint density at radius 1 is 1.90 bits per heavy atom. The summed E-state index contributed by atoms with van der Waals surface area (Å²) >= 11 is 0. The van der Waals surface area contributed by atoms with Crippen LogP contribution in [0.3, 0.4) is 0 Å². The van der Waals surface area contributed by atoms with E-state index in [2.05, 4.69) is 11.9 Å². The van der Waals surface area contributed by atoms with Crippen LogP contribution in [0.2, 0.25) is 0 Å². The molecule has 0 aromatic heterocycles. The van der Waals surface area contributed by atoms with Gasteiger partial charge >= 0.3 is 0 Å². The standard InChI is InChI=1S/C7H11NO2/c1-5(2)10-7-4-3-6(9)8-7/h7H,1,3-4H2,2H3,(H,8,9). The van der Waals surface area contributed by atoms with E-state index in [0.717, 1.165) is 6.42 Å². The molecule has 1 atom stereocenters. The first-order valence-electron chi connectivity index (χ1n) is 3.30. The van der Waals surface area contributed by atoms with Crippen LogP contribution in [0.15, 0.2) is 12.3 Å². The van der Waals surface area contributed by atoms with Crippen molar-refractivity contribution in [2.75, 3.05) is 0 Å². The predicted octanol–water partition coefficient (Wildman–Crippen LogP) is 0.773. The van der Waals surface area contributed by atoms with Gasteiger partial charge in [0.05, 0.1) is 5.76 Å². The minimum atomic E-state index is -0.134. The molecule has 3 nitrogen and oxygen atoms in total. The quantitative estimate of drug-likeness (QED) is 0.577. The SMILES string of the molecule is C=C(C)OC1CCC(=O)N1. The lowest BCUT2D eigenvalue weighted by Crippen LogP contribution is -2.27. The van der Waals surface area contributed by atoms with E-state index >= 15 is 0 Å². The number of amides is 1. The molecule has 10 heavy (non-hydrogen) atoms. The van der Waals surface area contributed by atoms with Gasteiger partial charge in [-0.3, -0.25) is 4.79 Å². The number of hydrogen-bond acceptors (Lipinski definition) is 2. The number of allylic oxidation sites excluding steroid dienone is 1. The summed E-state index contributed by atoms with van der Waals surface area (Å²) in [5.74, 6) is 0.707. The smallest absolute Gasteiger partial charge is 0.223 e. The average molecular weight is 141 g/mol. The van der Waals surface area contributed by atoms with Gasteiger partial charge in [0, 0.05) is 12.8 Å². The normalized spacial score (nSPS) is 24.1. The first kappa shape index (κ1) is 7.12. The highest BCUT2D eigenvalue weighted by molar-refractivity contribution is 5.78. The van der Waals surface area contributed by atoms with Gasteiger partial charge in [-0.1, -0.05) is 6.58 Å². The Morgan fingerprint density at radius 3 is 3.00 bits per heavy atom. The summed E-state index contributed by atoms with van der Waals surface area (Å²) in [6.45, 7) is 5.34. The summed E-state index contributed by atoms with van der Waals surface area (Å²) in [7, 11) is 0. The Balaban J connectivity index is 2.31. The molecule has 0 aromatic carbocycles. The summed E-state index contributed by atoms with van der Waals surface area (Å²) in [5, 5.41) is 2.66. The van der Waals surface area contributed by atoms with Gasteiger partial charge in [0.2, 0.25) is 5.91 Å². The zero-order valence-electron chi connectivity index (χ0n) is 6.02. The number of carbonyl (C=O) groups excluding carboxylic acids is 1. The van der Waals surface area contributed by atoms with Gasteiger partial charge in [0.15, 0.2) is 6.23 Å². The minimum Gasteiger partial charge on any atom is -0.476 e. The third-order valence-electron chi connectivity index (χ3n) is 1.30. The Morgan fingerprint density at radius 2 is 2.60 bits per heavy atom. The monoisotopic (exact) mass is 141 g/mol. The summed E-state index contributed by atoms with van der Waals surface area (Å²) in [4.78, 5) is 10.6. The van der Waals surface area contributed by atoms with Crippen molar-refractivity contribution < 1.29 is 9.53 Å². The molecule has 1 rings (SSSR count). The van der Waals surface area contributed by atoms with Gasteiger partial charge in [-0.25, -0.2) is 0 Å². The molecule has 0 saturated carbocycles. The van der Waals surface area contributed by atoms with Crippen molar-refractivity contribution in [2.24, 2.45) is 0 Å². The average Bonchev–Trinajstić information content (AvgIpc) is 2.13. The highest BCUT2D eigenvalue weighted by atomic mass is 16.5. The molecule has 1 amide bonds. The minimum absolute atomic E-state index is 0.0613. The first-order valence-corrected chi connectivity index (χ1v) is 3.30. The molecule has 0 bridgehead atoms. The maximum absolute atomic E-state index is 10.6. The van der Waals surface area contributed by atoms with Gasteiger partial charge in [-0.15, -0.1) is 0 Å². The van der Waals surface area contributed by atoms with Crippen molar-refractivity contribution in [1.29, 1.82) is 0 Å². The molecule has 1 saturated heterocycles. The molecule has 0 aliphatic carbocycles. The van der Waals surface area contributed by atoms with E-state index in [-0.39, 0.29) is 12.1 Å². The van der Waals surface area contributed by atoms with Crippen LogP contribution in [0.5, 0.6) is 0 Å². The van der Waals surface area contributed by atoms with Crippen molar-refractivity contribution >= 4 is 5.91 Å². The predicted molar refractivity (Wildman–Crippen MR) is 37.1 cm³/mol.